The summed E-state index contributed by atoms with van der Waals surface area (Å²) < 4.78 is 154. The van der Waals surface area contributed by atoms with E-state index in [-0.39, 0.29) is 147 Å². The molecule has 19 nitrogen and oxygen atoms in total. The van der Waals surface area contributed by atoms with Crippen molar-refractivity contribution in [1.29, 1.82) is 0 Å². The Morgan fingerprint density at radius 3 is 1.77 bits per heavy atom. The molecule has 2 aromatic rings. The van der Waals surface area contributed by atoms with Crippen LogP contribution in [-0.4, -0.2) is 138 Å². The summed E-state index contributed by atoms with van der Waals surface area (Å²) >= 11 is 0. The Bertz CT molecular complexity index is 2540. The van der Waals surface area contributed by atoms with Crippen LogP contribution in [-0.2, 0) is 70.3 Å². The van der Waals surface area contributed by atoms with Crippen LogP contribution in [0.15, 0.2) is 70.1 Å². The fraction of sp³-hybridized carbons (Fsp3) is 0.550. The molecule has 2 aliphatic heterocycles. The summed E-state index contributed by atoms with van der Waals surface area (Å²) in [6, 6.07) is 8.14. The molecule has 4 rings (SSSR count). The summed E-state index contributed by atoms with van der Waals surface area (Å²) in [6.07, 6.45) is 6.55. The number of hydrogen-bond donors (Lipinski definition) is 5. The number of aliphatic carboxylic acids is 1. The van der Waals surface area contributed by atoms with Gasteiger partial charge in [0, 0.05) is 61.0 Å². The molecule has 2 unspecified atom stereocenters. The molecule has 0 spiro atoms. The van der Waals surface area contributed by atoms with Crippen molar-refractivity contribution in [3.8, 4) is 0 Å². The Labute approximate surface area is 454 Å². The summed E-state index contributed by atoms with van der Waals surface area (Å²) in [6.45, 7) is 5.50. The largest absolute Gasteiger partial charge is 1.00 e. The van der Waals surface area contributed by atoms with E-state index in [1.807, 2.05) is 9.48 Å². The van der Waals surface area contributed by atoms with E-state index in [0.717, 1.165) is 0 Å². The van der Waals surface area contributed by atoms with Gasteiger partial charge in [-0.25, -0.2) is 0 Å². The Morgan fingerprint density at radius 1 is 0.697 bits per heavy atom. The van der Waals surface area contributed by atoms with Gasteiger partial charge in [-0.3, -0.25) is 23.0 Å². The maximum Gasteiger partial charge on any atom is 1.00 e. The summed E-state index contributed by atoms with van der Waals surface area (Å²) in [5.41, 5.74) is 0.818. The summed E-state index contributed by atoms with van der Waals surface area (Å²) in [5.74, 6) is -2.15. The van der Waals surface area contributed by atoms with Gasteiger partial charge in [0.1, 0.15) is 6.54 Å². The van der Waals surface area contributed by atoms with E-state index in [9.17, 15) is 61.8 Å². The molecule has 66 heavy (non-hydrogen) atoms. The summed E-state index contributed by atoms with van der Waals surface area (Å²) in [5, 5.41) is 9.18. The molecule has 0 aliphatic carbocycles. The first kappa shape index (κ1) is 63.4. The Balaban J connectivity index is 0.00000726. The van der Waals surface area contributed by atoms with E-state index in [0.29, 0.717) is 72.9 Å². The number of nitrogens with zero attached hydrogens (tertiary/aromatic N) is 2. The maximum atomic E-state index is 12.4. The van der Waals surface area contributed by atoms with Crippen molar-refractivity contribution in [1.82, 2.24) is 0 Å². The fourth-order valence-corrected chi connectivity index (χ4v) is 10.2. The minimum atomic E-state index is -4.69. The SMILES string of the molecule is COCCOCCOCCN1C(=CC=CC2=[N+](CCCCCC(=O)O)c3ccc(S(=O)(=O)O)cc3C2(C)CCCS(=O)(=O)O)C(C)(CCCS(=O)(=O)O)c2cc(S(=O)(=O)O)ccc21.[Na+].[Na+].[Na+]. The predicted molar refractivity (Wildman–Crippen MR) is 232 cm³/mol. The number of methoxy groups -OCH3 is 1. The first-order valence-corrected chi connectivity index (χ1v) is 26.2. The molecular formula is C40H57N2Na3O17S4+4. The number of carboxylic acids is 1. The first-order chi connectivity index (χ1) is 29.3. The van der Waals surface area contributed by atoms with Gasteiger partial charge in [0.25, 0.3) is 40.5 Å². The van der Waals surface area contributed by atoms with Crippen LogP contribution in [0.5, 0.6) is 0 Å². The van der Waals surface area contributed by atoms with Crippen LogP contribution < -0.4 is 93.6 Å². The maximum absolute atomic E-state index is 12.4. The number of allylic oxidation sites excluding steroid dienone is 4. The number of carbonyl (C=O) groups is 1. The predicted octanol–water partition coefficient (Wildman–Crippen LogP) is -4.57. The molecule has 5 N–H and O–H groups in total. The van der Waals surface area contributed by atoms with Gasteiger partial charge >= 0.3 is 94.6 Å². The zero-order valence-electron chi connectivity index (χ0n) is 38.4. The van der Waals surface area contributed by atoms with E-state index in [1.54, 1.807) is 39.2 Å². The minimum Gasteiger partial charge on any atom is -0.481 e. The molecule has 0 radical (unpaired) electrons. The van der Waals surface area contributed by atoms with Gasteiger partial charge < -0.3 is 24.2 Å². The van der Waals surface area contributed by atoms with E-state index in [2.05, 4.69) is 0 Å². The third kappa shape index (κ3) is 17.9. The van der Waals surface area contributed by atoms with Crippen molar-refractivity contribution >= 4 is 63.5 Å². The van der Waals surface area contributed by atoms with E-state index in [1.165, 1.54) is 36.4 Å². The van der Waals surface area contributed by atoms with Crippen molar-refractivity contribution in [2.75, 3.05) is 69.6 Å². The zero-order valence-corrected chi connectivity index (χ0v) is 47.6. The monoisotopic (exact) mass is 1030 g/mol. The number of hydrogen-bond acceptors (Lipinski definition) is 13. The van der Waals surface area contributed by atoms with Gasteiger partial charge in [-0.05, 0) is 94.3 Å². The second kappa shape index (κ2) is 27.3. The van der Waals surface area contributed by atoms with Crippen molar-refractivity contribution in [2.45, 2.75) is 85.8 Å². The third-order valence-electron chi connectivity index (χ3n) is 11.2. The molecule has 0 bridgehead atoms. The van der Waals surface area contributed by atoms with Crippen LogP contribution in [0.2, 0.25) is 0 Å². The molecule has 0 fully saturated rings. The van der Waals surface area contributed by atoms with E-state index >= 15 is 0 Å². The number of benzene rings is 2. The summed E-state index contributed by atoms with van der Waals surface area (Å²) in [4.78, 5) is 12.3. The Hall–Kier alpha value is -0.620. The molecule has 2 aliphatic rings. The molecule has 0 saturated heterocycles. The van der Waals surface area contributed by atoms with Crippen molar-refractivity contribution in [3.63, 3.8) is 0 Å². The topological polar surface area (TPSA) is 289 Å². The average molecular weight is 1040 g/mol. The number of unbranched alkanes of at least 4 members (excludes halogenated alkanes) is 2. The summed E-state index contributed by atoms with van der Waals surface area (Å²) in [7, 11) is -16.6. The number of ether oxygens (including phenoxy) is 3. The molecule has 2 aromatic carbocycles. The second-order valence-electron chi connectivity index (χ2n) is 15.8. The van der Waals surface area contributed by atoms with Crippen molar-refractivity contribution < 1.29 is 169 Å². The van der Waals surface area contributed by atoms with Crippen LogP contribution in [0, 0.1) is 0 Å². The molecule has 0 aromatic heterocycles. The van der Waals surface area contributed by atoms with E-state index in [4.69, 9.17) is 14.2 Å². The number of anilines is 1. The van der Waals surface area contributed by atoms with Crippen molar-refractivity contribution in [2.24, 2.45) is 0 Å². The molecule has 2 heterocycles. The van der Waals surface area contributed by atoms with Crippen LogP contribution >= 0.6 is 0 Å². The zero-order chi connectivity index (χ0) is 46.9. The smallest absolute Gasteiger partial charge is 0.481 e. The van der Waals surface area contributed by atoms with Gasteiger partial charge in [-0.2, -0.15) is 38.2 Å². The van der Waals surface area contributed by atoms with Crippen LogP contribution in [0.25, 0.3) is 0 Å². The van der Waals surface area contributed by atoms with Gasteiger partial charge in [0.2, 0.25) is 5.69 Å². The average Bonchev–Trinajstić information content (AvgIpc) is 3.53. The molecule has 352 valence electrons. The minimum absolute atomic E-state index is 0. The van der Waals surface area contributed by atoms with Crippen molar-refractivity contribution in [3.05, 3.63) is 71.5 Å². The number of rotatable bonds is 27. The van der Waals surface area contributed by atoms with Crippen LogP contribution in [0.4, 0.5) is 11.4 Å². The Morgan fingerprint density at radius 2 is 1.23 bits per heavy atom. The standard InChI is InChI=1S/C40H56N2O17S4.3Na/c1-39(17-8-26-60(45,46)47)32-28-30(62(51,52)53)13-15-34(32)41(19-6-4-5-12-38(43)44)36(39)10-7-11-37-40(2,18-9-27-61(48,49)50)33-29-31(63(54,55)56)14-16-35(33)42(37)20-21-58-24-25-59-23-22-57-3;;;/h7,10-11,13-16,28-29H,4-6,8-9,12,17-27H2,1-3H3,(H4-,43,44,45,46,47,48,49,50,51,52,53,54,55,56);;;/q;3*+1/p+1. The molecule has 0 saturated carbocycles. The quantitative estimate of drug-likeness (QED) is 0.0244. The Kier molecular flexibility index (Phi) is 26.2. The number of fused-ring (bicyclic) bond motifs is 2. The first-order valence-electron chi connectivity index (χ1n) is 20.1. The molecule has 0 amide bonds. The second-order valence-corrected chi connectivity index (χ2v) is 21.8. The van der Waals surface area contributed by atoms with Gasteiger partial charge in [-0.15, -0.1) is 0 Å². The van der Waals surface area contributed by atoms with Crippen LogP contribution in [0.3, 0.4) is 0 Å². The van der Waals surface area contributed by atoms with Gasteiger partial charge in [0.05, 0.1) is 59.7 Å². The molecule has 26 heteroatoms. The third-order valence-corrected chi connectivity index (χ3v) is 14.5. The van der Waals surface area contributed by atoms with Gasteiger partial charge in [-0.1, -0.05) is 6.08 Å². The molecule has 2 atom stereocenters. The normalized spacial score (nSPS) is 19.1. The van der Waals surface area contributed by atoms with Gasteiger partial charge in [0.15, 0.2) is 5.71 Å². The van der Waals surface area contributed by atoms with Crippen LogP contribution in [0.1, 0.15) is 76.3 Å². The van der Waals surface area contributed by atoms with E-state index < -0.39 is 78.6 Å². The number of carboxylic acid groups (broad SMARTS) is 1. The fourth-order valence-electron chi connectivity index (χ4n) is 8.18. The molecular weight excluding hydrogens is 978 g/mol.